The van der Waals surface area contributed by atoms with E-state index >= 15 is 0 Å². The molecule has 5 nitrogen and oxygen atoms in total. The van der Waals surface area contributed by atoms with Gasteiger partial charge in [0.1, 0.15) is 0 Å². The highest BCUT2D eigenvalue weighted by molar-refractivity contribution is 7.99. The summed E-state index contributed by atoms with van der Waals surface area (Å²) >= 11 is 1.96. The lowest BCUT2D eigenvalue weighted by atomic mass is 10.1. The van der Waals surface area contributed by atoms with Gasteiger partial charge in [0.2, 0.25) is 5.89 Å². The van der Waals surface area contributed by atoms with Crippen LogP contribution in [0.25, 0.3) is 0 Å². The van der Waals surface area contributed by atoms with Crippen LogP contribution in [0.5, 0.6) is 0 Å². The average Bonchev–Trinajstić information content (AvgIpc) is 2.98. The number of thioether (sulfide) groups is 1. The Labute approximate surface area is 111 Å². The van der Waals surface area contributed by atoms with Gasteiger partial charge in [0.25, 0.3) is 0 Å². The van der Waals surface area contributed by atoms with Crippen molar-refractivity contribution in [1.82, 2.24) is 15.0 Å². The maximum Gasteiger partial charge on any atom is 0.229 e. The number of hydrogen-bond donors (Lipinski definition) is 1. The lowest BCUT2D eigenvalue weighted by Crippen LogP contribution is -2.33. The van der Waals surface area contributed by atoms with Crippen LogP contribution in [-0.4, -0.2) is 46.2 Å². The van der Waals surface area contributed by atoms with Gasteiger partial charge in [0, 0.05) is 30.0 Å². The summed E-state index contributed by atoms with van der Waals surface area (Å²) in [4.78, 5) is 6.92. The highest BCUT2D eigenvalue weighted by Crippen LogP contribution is 2.34. The van der Waals surface area contributed by atoms with Crippen molar-refractivity contribution in [1.29, 1.82) is 0 Å². The quantitative estimate of drug-likeness (QED) is 0.874. The van der Waals surface area contributed by atoms with Crippen LogP contribution in [-0.2, 0) is 0 Å². The normalized spacial score (nSPS) is 34.0. The van der Waals surface area contributed by atoms with Crippen molar-refractivity contribution in [3.8, 4) is 0 Å². The first-order valence-electron chi connectivity index (χ1n) is 6.61. The third-order valence-corrected chi connectivity index (χ3v) is 5.00. The summed E-state index contributed by atoms with van der Waals surface area (Å²) in [5.74, 6) is 4.26. The van der Waals surface area contributed by atoms with Crippen molar-refractivity contribution in [3.05, 3.63) is 11.7 Å². The first-order chi connectivity index (χ1) is 8.74. The first kappa shape index (κ1) is 12.4. The van der Waals surface area contributed by atoms with Crippen LogP contribution in [0, 0.1) is 0 Å². The van der Waals surface area contributed by atoms with Crippen LogP contribution in [0.4, 0.5) is 0 Å². The molecule has 1 saturated heterocycles. The zero-order chi connectivity index (χ0) is 12.5. The van der Waals surface area contributed by atoms with Crippen LogP contribution in [0.15, 0.2) is 4.52 Å². The molecule has 0 bridgehead atoms. The van der Waals surface area contributed by atoms with E-state index in [1.54, 1.807) is 0 Å². The fourth-order valence-corrected chi connectivity index (χ4v) is 3.96. The van der Waals surface area contributed by atoms with Gasteiger partial charge in [-0.05, 0) is 26.3 Å². The van der Waals surface area contributed by atoms with Crippen LogP contribution in [0.3, 0.4) is 0 Å². The molecule has 6 heteroatoms. The summed E-state index contributed by atoms with van der Waals surface area (Å²) in [7, 11) is 2.13. The molecule has 3 rings (SSSR count). The summed E-state index contributed by atoms with van der Waals surface area (Å²) < 4.78 is 5.45. The topological polar surface area (TPSA) is 68.2 Å². The third-order valence-electron chi connectivity index (χ3n) is 3.97. The van der Waals surface area contributed by atoms with Gasteiger partial charge in [-0.25, -0.2) is 0 Å². The van der Waals surface area contributed by atoms with E-state index in [1.807, 2.05) is 11.8 Å². The lowest BCUT2D eigenvalue weighted by Gasteiger charge is -2.29. The minimum atomic E-state index is 0.302. The highest BCUT2D eigenvalue weighted by atomic mass is 32.2. The predicted octanol–water partition coefficient (Wildman–Crippen LogP) is 1.38. The van der Waals surface area contributed by atoms with E-state index in [9.17, 15) is 0 Å². The molecule has 0 amide bonds. The number of aromatic nitrogens is 2. The predicted molar refractivity (Wildman–Crippen MR) is 71.6 cm³/mol. The largest absolute Gasteiger partial charge is 0.339 e. The summed E-state index contributed by atoms with van der Waals surface area (Å²) in [6.45, 7) is 1.09. The van der Waals surface area contributed by atoms with E-state index in [0.717, 1.165) is 43.3 Å². The van der Waals surface area contributed by atoms with Gasteiger partial charge in [-0.1, -0.05) is 5.16 Å². The fourth-order valence-electron chi connectivity index (χ4n) is 2.75. The maximum absolute atomic E-state index is 5.93. The molecule has 100 valence electrons. The highest BCUT2D eigenvalue weighted by Gasteiger charge is 2.30. The molecule has 2 fully saturated rings. The molecule has 18 heavy (non-hydrogen) atoms. The van der Waals surface area contributed by atoms with Gasteiger partial charge in [0.05, 0.1) is 6.04 Å². The Morgan fingerprint density at radius 3 is 3.06 bits per heavy atom. The van der Waals surface area contributed by atoms with Crippen molar-refractivity contribution in [2.75, 3.05) is 25.1 Å². The molecule has 1 aliphatic heterocycles. The maximum atomic E-state index is 5.93. The minimum Gasteiger partial charge on any atom is -0.339 e. The second-order valence-corrected chi connectivity index (χ2v) is 6.48. The molecule has 1 unspecified atom stereocenters. The molecule has 1 aromatic rings. The molecule has 2 N–H and O–H groups in total. The SMILES string of the molecule is CN1CCSCC1c1noc([C@@H]2CC[C@H](N)C2)n1. The van der Waals surface area contributed by atoms with Crippen molar-refractivity contribution in [2.45, 2.75) is 37.3 Å². The molecule has 0 radical (unpaired) electrons. The van der Waals surface area contributed by atoms with Crippen LogP contribution in [0.1, 0.15) is 42.9 Å². The molecule has 1 aliphatic carbocycles. The summed E-state index contributed by atoms with van der Waals surface area (Å²) in [6, 6.07) is 0.606. The number of nitrogens with two attached hydrogens (primary N) is 1. The first-order valence-corrected chi connectivity index (χ1v) is 7.76. The van der Waals surface area contributed by atoms with Gasteiger partial charge in [-0.3, -0.25) is 4.90 Å². The van der Waals surface area contributed by atoms with E-state index in [4.69, 9.17) is 10.3 Å². The zero-order valence-electron chi connectivity index (χ0n) is 10.7. The molecule has 2 aliphatic rings. The Kier molecular flexibility index (Phi) is 3.59. The van der Waals surface area contributed by atoms with E-state index in [0.29, 0.717) is 18.0 Å². The minimum absolute atomic E-state index is 0.302. The molecule has 2 heterocycles. The lowest BCUT2D eigenvalue weighted by molar-refractivity contribution is 0.256. The van der Waals surface area contributed by atoms with E-state index < -0.39 is 0 Å². The van der Waals surface area contributed by atoms with Gasteiger partial charge < -0.3 is 10.3 Å². The molecule has 3 atom stereocenters. The van der Waals surface area contributed by atoms with Gasteiger partial charge in [-0.15, -0.1) is 0 Å². The summed E-state index contributed by atoms with van der Waals surface area (Å²) in [5.41, 5.74) is 5.93. The van der Waals surface area contributed by atoms with Crippen LogP contribution >= 0.6 is 11.8 Å². The second kappa shape index (κ2) is 5.19. The Morgan fingerprint density at radius 1 is 1.44 bits per heavy atom. The molecule has 1 saturated carbocycles. The Balaban J connectivity index is 1.72. The Bertz CT molecular complexity index is 411. The van der Waals surface area contributed by atoms with Crippen molar-refractivity contribution >= 4 is 11.8 Å². The van der Waals surface area contributed by atoms with Crippen LogP contribution < -0.4 is 5.73 Å². The van der Waals surface area contributed by atoms with Gasteiger partial charge in [0.15, 0.2) is 5.82 Å². The van der Waals surface area contributed by atoms with Gasteiger partial charge >= 0.3 is 0 Å². The second-order valence-electron chi connectivity index (χ2n) is 5.33. The standard InChI is InChI=1S/C12H20N4OS/c1-16-4-5-18-7-10(16)11-14-12(17-15-11)8-2-3-9(13)6-8/h8-10H,2-7,13H2,1H3/t8-,9+,10?/m1/s1. The van der Waals surface area contributed by atoms with E-state index in [-0.39, 0.29) is 0 Å². The van der Waals surface area contributed by atoms with Crippen molar-refractivity contribution in [2.24, 2.45) is 5.73 Å². The van der Waals surface area contributed by atoms with Crippen molar-refractivity contribution in [3.63, 3.8) is 0 Å². The molecular formula is C12H20N4OS. The van der Waals surface area contributed by atoms with E-state index in [2.05, 4.69) is 22.1 Å². The average molecular weight is 268 g/mol. The third kappa shape index (κ3) is 2.41. The number of rotatable bonds is 2. The summed E-state index contributed by atoms with van der Waals surface area (Å²) in [5, 5.41) is 4.18. The van der Waals surface area contributed by atoms with Gasteiger partial charge in [-0.2, -0.15) is 16.7 Å². The van der Waals surface area contributed by atoms with E-state index in [1.165, 1.54) is 5.75 Å². The smallest absolute Gasteiger partial charge is 0.229 e. The number of nitrogens with zero attached hydrogens (tertiary/aromatic N) is 3. The van der Waals surface area contributed by atoms with Crippen molar-refractivity contribution < 1.29 is 4.52 Å². The zero-order valence-corrected chi connectivity index (χ0v) is 11.5. The Morgan fingerprint density at radius 2 is 2.33 bits per heavy atom. The molecule has 1 aromatic heterocycles. The molecule has 0 aromatic carbocycles. The fraction of sp³-hybridized carbons (Fsp3) is 0.833. The molecular weight excluding hydrogens is 248 g/mol. The molecule has 0 spiro atoms. The monoisotopic (exact) mass is 268 g/mol. The Hall–Kier alpha value is -0.590. The summed E-state index contributed by atoms with van der Waals surface area (Å²) in [6.07, 6.45) is 3.14. The van der Waals surface area contributed by atoms with Crippen LogP contribution in [0.2, 0.25) is 0 Å². The number of hydrogen-bond acceptors (Lipinski definition) is 6.